The summed E-state index contributed by atoms with van der Waals surface area (Å²) in [5.41, 5.74) is 1.71. The van der Waals surface area contributed by atoms with Crippen molar-refractivity contribution >= 4 is 16.9 Å². The highest BCUT2D eigenvalue weighted by atomic mass is 19.3. The molecule has 1 aliphatic rings. The molecular formula is C24H20F2N6O3. The maximum atomic E-state index is 14.3. The van der Waals surface area contributed by atoms with Crippen LogP contribution in [0.5, 0.6) is 11.6 Å². The third-order valence-corrected chi connectivity index (χ3v) is 5.80. The van der Waals surface area contributed by atoms with E-state index in [2.05, 4.69) is 26.5 Å². The van der Waals surface area contributed by atoms with Gasteiger partial charge in [-0.2, -0.15) is 10.4 Å². The molecule has 0 spiro atoms. The second-order valence-electron chi connectivity index (χ2n) is 8.05. The van der Waals surface area contributed by atoms with Crippen LogP contribution in [0.4, 0.5) is 8.78 Å². The van der Waals surface area contributed by atoms with Crippen LogP contribution in [0, 0.1) is 11.3 Å². The van der Waals surface area contributed by atoms with E-state index in [1.165, 1.54) is 18.7 Å². The second-order valence-corrected chi connectivity index (χ2v) is 8.05. The fourth-order valence-electron chi connectivity index (χ4n) is 4.38. The molecule has 1 atom stereocenters. The molecule has 0 unspecified atom stereocenters. The highest BCUT2D eigenvalue weighted by molar-refractivity contribution is 6.04. The summed E-state index contributed by atoms with van der Waals surface area (Å²) in [7, 11) is 1.51. The molecule has 9 nitrogen and oxygen atoms in total. The van der Waals surface area contributed by atoms with Gasteiger partial charge in [0.15, 0.2) is 0 Å². The number of H-pyrrole nitrogens is 1. The smallest absolute Gasteiger partial charge is 0.282 e. The number of nitrogens with one attached hydrogen (secondary N) is 2. The number of nitriles is 1. The zero-order chi connectivity index (χ0) is 24.7. The van der Waals surface area contributed by atoms with E-state index in [0.29, 0.717) is 39.2 Å². The van der Waals surface area contributed by atoms with Crippen molar-refractivity contribution in [2.45, 2.75) is 25.9 Å². The number of carbonyl (C=O) groups excluding carboxylic acids is 1. The Morgan fingerprint density at radius 2 is 2.20 bits per heavy atom. The Bertz CT molecular complexity index is 1490. The number of aromatic amines is 1. The molecule has 0 saturated carbocycles. The van der Waals surface area contributed by atoms with Gasteiger partial charge in [0.05, 0.1) is 42.6 Å². The number of pyridine rings is 1. The molecule has 1 amide bonds. The lowest BCUT2D eigenvalue weighted by atomic mass is 9.95. The molecule has 0 aliphatic carbocycles. The standard InChI is InChI=1S/C24H20F2N6O3/c1-12(33)29-14-10-32-24(35-11-14)19(21(31-32)22(25)26)20-18(16-4-3-7-28-23(16)30-20)17-8-15(34-2)6-5-13(17)9-27/h3-8,14,22H,10-11H2,1-2H3,(H,28,30)(H,29,33)/t14-/m1/s1. The molecule has 4 aromatic rings. The second kappa shape index (κ2) is 8.72. The van der Waals surface area contributed by atoms with E-state index in [1.807, 2.05) is 0 Å². The topological polar surface area (TPSA) is 118 Å². The van der Waals surface area contributed by atoms with Crippen LogP contribution in [0.15, 0.2) is 36.5 Å². The maximum absolute atomic E-state index is 14.3. The van der Waals surface area contributed by atoms with Gasteiger partial charge >= 0.3 is 0 Å². The van der Waals surface area contributed by atoms with Crippen molar-refractivity contribution < 1.29 is 23.0 Å². The minimum Gasteiger partial charge on any atom is -0.497 e. The van der Waals surface area contributed by atoms with Gasteiger partial charge < -0.3 is 19.8 Å². The zero-order valence-electron chi connectivity index (χ0n) is 18.8. The van der Waals surface area contributed by atoms with Crippen LogP contribution in [-0.4, -0.2) is 45.4 Å². The maximum Gasteiger partial charge on any atom is 0.282 e. The Labute approximate surface area is 198 Å². The number of amides is 1. The van der Waals surface area contributed by atoms with E-state index < -0.39 is 18.2 Å². The number of ether oxygens (including phenoxy) is 2. The molecule has 178 valence electrons. The number of aromatic nitrogens is 4. The van der Waals surface area contributed by atoms with Crippen molar-refractivity contribution in [1.29, 1.82) is 5.26 Å². The highest BCUT2D eigenvalue weighted by Gasteiger charge is 2.34. The van der Waals surface area contributed by atoms with E-state index >= 15 is 0 Å². The summed E-state index contributed by atoms with van der Waals surface area (Å²) in [6, 6.07) is 10.2. The normalized spacial score (nSPS) is 14.9. The SMILES string of the molecule is COc1ccc(C#N)c(-c2c(-c3c(C(F)F)nn4c3OC[C@H](NC(C)=O)C4)[nH]c3ncccc23)c1. The first-order chi connectivity index (χ1) is 16.9. The molecule has 35 heavy (non-hydrogen) atoms. The molecule has 3 aromatic heterocycles. The Morgan fingerprint density at radius 1 is 1.37 bits per heavy atom. The number of carbonyl (C=O) groups is 1. The summed E-state index contributed by atoms with van der Waals surface area (Å²) in [5, 5.41) is 17.3. The summed E-state index contributed by atoms with van der Waals surface area (Å²) in [6.07, 6.45) is -1.32. The first-order valence-corrected chi connectivity index (χ1v) is 10.8. The summed E-state index contributed by atoms with van der Waals surface area (Å²) in [4.78, 5) is 19.0. The van der Waals surface area contributed by atoms with Crippen LogP contribution in [0.2, 0.25) is 0 Å². The summed E-state index contributed by atoms with van der Waals surface area (Å²) in [6.45, 7) is 1.64. The predicted molar refractivity (Wildman–Crippen MR) is 122 cm³/mol. The van der Waals surface area contributed by atoms with Gasteiger partial charge in [-0.15, -0.1) is 0 Å². The summed E-state index contributed by atoms with van der Waals surface area (Å²) >= 11 is 0. The number of rotatable bonds is 5. The minimum atomic E-state index is -2.90. The number of methoxy groups -OCH3 is 1. The van der Waals surface area contributed by atoms with Gasteiger partial charge in [0.2, 0.25) is 11.8 Å². The lowest BCUT2D eigenvalue weighted by molar-refractivity contribution is -0.120. The van der Waals surface area contributed by atoms with Gasteiger partial charge in [-0.1, -0.05) is 0 Å². The number of halogens is 2. The number of nitrogens with zero attached hydrogens (tertiary/aromatic N) is 4. The van der Waals surface area contributed by atoms with Crippen LogP contribution >= 0.6 is 0 Å². The zero-order valence-corrected chi connectivity index (χ0v) is 18.8. The molecule has 0 fully saturated rings. The van der Waals surface area contributed by atoms with Crippen LogP contribution in [0.25, 0.3) is 33.4 Å². The Kier molecular flexibility index (Phi) is 5.56. The van der Waals surface area contributed by atoms with Gasteiger partial charge in [0.25, 0.3) is 6.43 Å². The number of alkyl halides is 2. The van der Waals surface area contributed by atoms with Crippen LogP contribution < -0.4 is 14.8 Å². The van der Waals surface area contributed by atoms with Crippen molar-refractivity contribution in [3.8, 4) is 40.1 Å². The molecule has 0 saturated heterocycles. The summed E-state index contributed by atoms with van der Waals surface area (Å²) in [5.74, 6) is 0.398. The first kappa shape index (κ1) is 22.3. The van der Waals surface area contributed by atoms with Crippen LogP contribution in [0.3, 0.4) is 0 Å². The lowest BCUT2D eigenvalue weighted by Gasteiger charge is -2.25. The molecule has 11 heteroatoms. The average Bonchev–Trinajstić information content (AvgIpc) is 3.41. The monoisotopic (exact) mass is 478 g/mol. The quantitative estimate of drug-likeness (QED) is 0.450. The minimum absolute atomic E-state index is 0.0842. The highest BCUT2D eigenvalue weighted by Crippen LogP contribution is 2.46. The Hall–Kier alpha value is -4.46. The number of hydrogen-bond acceptors (Lipinski definition) is 6. The van der Waals surface area contributed by atoms with E-state index in [-0.39, 0.29) is 30.5 Å². The molecule has 0 bridgehead atoms. The van der Waals surface area contributed by atoms with Gasteiger partial charge in [-0.3, -0.25) is 4.79 Å². The third-order valence-electron chi connectivity index (χ3n) is 5.80. The van der Waals surface area contributed by atoms with Gasteiger partial charge in [-0.25, -0.2) is 18.4 Å². The fourth-order valence-corrected chi connectivity index (χ4v) is 4.38. The largest absolute Gasteiger partial charge is 0.497 e. The molecule has 2 N–H and O–H groups in total. The van der Waals surface area contributed by atoms with Crippen LogP contribution in [0.1, 0.15) is 24.6 Å². The average molecular weight is 478 g/mol. The van der Waals surface area contributed by atoms with Gasteiger partial charge in [0.1, 0.15) is 23.7 Å². The fraction of sp³-hybridized carbons (Fsp3) is 0.250. The van der Waals surface area contributed by atoms with E-state index in [0.717, 1.165) is 0 Å². The number of fused-ring (bicyclic) bond motifs is 2. The Morgan fingerprint density at radius 3 is 2.91 bits per heavy atom. The predicted octanol–water partition coefficient (Wildman–Crippen LogP) is 3.81. The van der Waals surface area contributed by atoms with Crippen molar-refractivity contribution in [3.05, 3.63) is 47.8 Å². The number of hydrogen-bond donors (Lipinski definition) is 2. The first-order valence-electron chi connectivity index (χ1n) is 10.8. The molecule has 4 heterocycles. The molecular weight excluding hydrogens is 458 g/mol. The van der Waals surface area contributed by atoms with Crippen molar-refractivity contribution in [1.82, 2.24) is 25.1 Å². The molecule has 5 rings (SSSR count). The van der Waals surface area contributed by atoms with Crippen LogP contribution in [-0.2, 0) is 11.3 Å². The van der Waals surface area contributed by atoms with Crippen molar-refractivity contribution in [2.75, 3.05) is 13.7 Å². The van der Waals surface area contributed by atoms with Gasteiger partial charge in [-0.05, 0) is 30.3 Å². The molecule has 1 aliphatic heterocycles. The van der Waals surface area contributed by atoms with Crippen molar-refractivity contribution in [2.24, 2.45) is 0 Å². The molecule has 1 aromatic carbocycles. The Balaban J connectivity index is 1.78. The van der Waals surface area contributed by atoms with Crippen molar-refractivity contribution in [3.63, 3.8) is 0 Å². The lowest BCUT2D eigenvalue weighted by Crippen LogP contribution is -2.44. The van der Waals surface area contributed by atoms with Gasteiger partial charge in [0, 0.05) is 29.6 Å². The third kappa shape index (κ3) is 3.82. The molecule has 0 radical (unpaired) electrons. The van der Waals surface area contributed by atoms with E-state index in [1.54, 1.807) is 36.5 Å². The van der Waals surface area contributed by atoms with E-state index in [9.17, 15) is 18.8 Å². The summed E-state index contributed by atoms with van der Waals surface area (Å²) < 4.78 is 41.1. The number of benzene rings is 1. The van der Waals surface area contributed by atoms with E-state index in [4.69, 9.17) is 9.47 Å².